The third kappa shape index (κ3) is 2.32. The van der Waals surface area contributed by atoms with Crippen LogP contribution in [0.1, 0.15) is 24.7 Å². The summed E-state index contributed by atoms with van der Waals surface area (Å²) in [4.78, 5) is 10.5. The van der Waals surface area contributed by atoms with Crippen LogP contribution < -0.4 is 0 Å². The SMILES string of the molecule is O=[N+]([O-])c1cc(Br)cc(-c2nnc(CO)n2C2CC2)c1. The molecule has 0 unspecified atom stereocenters. The van der Waals surface area contributed by atoms with E-state index in [1.54, 1.807) is 6.07 Å². The number of aliphatic hydroxyl groups is 1. The predicted octanol–water partition coefficient (Wildman–Crippen LogP) is 2.44. The molecule has 2 aromatic rings. The van der Waals surface area contributed by atoms with Gasteiger partial charge >= 0.3 is 0 Å². The summed E-state index contributed by atoms with van der Waals surface area (Å²) in [6, 6.07) is 4.94. The molecule has 0 radical (unpaired) electrons. The van der Waals surface area contributed by atoms with Crippen molar-refractivity contribution in [2.45, 2.75) is 25.5 Å². The quantitative estimate of drug-likeness (QED) is 0.682. The zero-order valence-corrected chi connectivity index (χ0v) is 11.9. The molecule has 1 aliphatic carbocycles. The second-order valence-electron chi connectivity index (χ2n) is 4.65. The fourth-order valence-electron chi connectivity index (χ4n) is 2.15. The minimum atomic E-state index is -0.445. The van der Waals surface area contributed by atoms with Crippen LogP contribution in [0.15, 0.2) is 22.7 Å². The first kappa shape index (κ1) is 13.2. The molecule has 104 valence electrons. The molecule has 1 saturated carbocycles. The van der Waals surface area contributed by atoms with Gasteiger partial charge in [0.1, 0.15) is 6.61 Å². The average molecular weight is 339 g/mol. The van der Waals surface area contributed by atoms with Gasteiger partial charge in [-0.25, -0.2) is 0 Å². The lowest BCUT2D eigenvalue weighted by Crippen LogP contribution is -2.03. The van der Waals surface area contributed by atoms with Crippen LogP contribution in [0, 0.1) is 10.1 Å². The molecule has 0 bridgehead atoms. The summed E-state index contributed by atoms with van der Waals surface area (Å²) in [6.07, 6.45) is 2.02. The molecule has 1 aromatic heterocycles. The van der Waals surface area contributed by atoms with Crippen molar-refractivity contribution < 1.29 is 10.0 Å². The highest BCUT2D eigenvalue weighted by molar-refractivity contribution is 9.10. The molecule has 0 amide bonds. The number of aromatic nitrogens is 3. The number of non-ortho nitro benzene ring substituents is 1. The number of nitrogens with zero attached hydrogens (tertiary/aromatic N) is 4. The topological polar surface area (TPSA) is 94.1 Å². The first-order valence-corrected chi connectivity index (χ1v) is 6.89. The summed E-state index contributed by atoms with van der Waals surface area (Å²) in [5.41, 5.74) is 0.607. The Bertz CT molecular complexity index is 681. The van der Waals surface area contributed by atoms with Gasteiger partial charge in [0.2, 0.25) is 0 Å². The Hall–Kier alpha value is -1.80. The van der Waals surface area contributed by atoms with Gasteiger partial charge in [-0.3, -0.25) is 10.1 Å². The van der Waals surface area contributed by atoms with Gasteiger partial charge < -0.3 is 9.67 Å². The van der Waals surface area contributed by atoms with E-state index in [1.165, 1.54) is 12.1 Å². The fourth-order valence-corrected chi connectivity index (χ4v) is 2.63. The second kappa shape index (κ2) is 4.95. The van der Waals surface area contributed by atoms with Crippen LogP contribution in [0.3, 0.4) is 0 Å². The van der Waals surface area contributed by atoms with Gasteiger partial charge in [0.25, 0.3) is 5.69 Å². The van der Waals surface area contributed by atoms with E-state index in [4.69, 9.17) is 0 Å². The highest BCUT2D eigenvalue weighted by Crippen LogP contribution is 2.39. The van der Waals surface area contributed by atoms with Gasteiger partial charge in [0.15, 0.2) is 11.6 Å². The molecular weight excluding hydrogens is 328 g/mol. The number of nitro groups is 1. The van der Waals surface area contributed by atoms with Crippen LogP contribution in [-0.4, -0.2) is 24.8 Å². The molecular formula is C12H11BrN4O3. The zero-order chi connectivity index (χ0) is 14.3. The Morgan fingerprint density at radius 1 is 1.40 bits per heavy atom. The van der Waals surface area contributed by atoms with Crippen LogP contribution in [0.4, 0.5) is 5.69 Å². The highest BCUT2D eigenvalue weighted by atomic mass is 79.9. The first-order valence-electron chi connectivity index (χ1n) is 6.10. The Morgan fingerprint density at radius 3 is 2.75 bits per heavy atom. The van der Waals surface area contributed by atoms with Gasteiger partial charge in [-0.05, 0) is 18.9 Å². The van der Waals surface area contributed by atoms with Crippen LogP contribution in [0.2, 0.25) is 0 Å². The second-order valence-corrected chi connectivity index (χ2v) is 5.57. The van der Waals surface area contributed by atoms with Crippen LogP contribution in [-0.2, 0) is 6.61 Å². The van der Waals surface area contributed by atoms with Crippen molar-refractivity contribution in [1.82, 2.24) is 14.8 Å². The van der Waals surface area contributed by atoms with Gasteiger partial charge in [-0.2, -0.15) is 0 Å². The minimum absolute atomic E-state index is 0.00901. The molecule has 1 N–H and O–H groups in total. The van der Waals surface area contributed by atoms with Crippen molar-refractivity contribution in [2.24, 2.45) is 0 Å². The number of halogens is 1. The first-order chi connectivity index (χ1) is 9.60. The van der Waals surface area contributed by atoms with Gasteiger partial charge in [-0.15, -0.1) is 10.2 Å². The largest absolute Gasteiger partial charge is 0.388 e. The molecule has 1 fully saturated rings. The number of hydrogen-bond donors (Lipinski definition) is 1. The van der Waals surface area contributed by atoms with E-state index in [2.05, 4.69) is 26.1 Å². The molecule has 0 spiro atoms. The van der Waals surface area contributed by atoms with Crippen LogP contribution in [0.25, 0.3) is 11.4 Å². The number of hydrogen-bond acceptors (Lipinski definition) is 5. The number of aliphatic hydroxyl groups excluding tert-OH is 1. The molecule has 0 aliphatic heterocycles. The van der Waals surface area contributed by atoms with E-state index in [1.807, 2.05) is 4.57 Å². The van der Waals surface area contributed by atoms with Crippen molar-refractivity contribution in [3.8, 4) is 11.4 Å². The van der Waals surface area contributed by atoms with Crippen molar-refractivity contribution in [3.63, 3.8) is 0 Å². The lowest BCUT2D eigenvalue weighted by Gasteiger charge is -2.08. The van der Waals surface area contributed by atoms with E-state index >= 15 is 0 Å². The summed E-state index contributed by atoms with van der Waals surface area (Å²) in [5.74, 6) is 1.05. The maximum absolute atomic E-state index is 10.9. The van der Waals surface area contributed by atoms with Crippen molar-refractivity contribution in [3.05, 3.63) is 38.6 Å². The molecule has 1 heterocycles. The van der Waals surface area contributed by atoms with Crippen molar-refractivity contribution in [1.29, 1.82) is 0 Å². The standard InChI is InChI=1S/C12H11BrN4O3/c13-8-3-7(4-10(5-8)17(19)20)12-15-14-11(6-18)16(12)9-1-2-9/h3-5,9,18H,1-2,6H2. The average Bonchev–Trinajstić information content (AvgIpc) is 3.16. The number of benzene rings is 1. The zero-order valence-electron chi connectivity index (χ0n) is 10.4. The maximum atomic E-state index is 10.9. The summed E-state index contributed by atoms with van der Waals surface area (Å²) in [5, 5.41) is 28.3. The highest BCUT2D eigenvalue weighted by Gasteiger charge is 2.30. The van der Waals surface area contributed by atoms with Gasteiger partial charge in [-0.1, -0.05) is 15.9 Å². The maximum Gasteiger partial charge on any atom is 0.271 e. The number of rotatable bonds is 4. The molecule has 20 heavy (non-hydrogen) atoms. The molecule has 1 aromatic carbocycles. The fraction of sp³-hybridized carbons (Fsp3) is 0.333. The van der Waals surface area contributed by atoms with Crippen LogP contribution >= 0.6 is 15.9 Å². The van der Waals surface area contributed by atoms with Gasteiger partial charge in [0.05, 0.1) is 4.92 Å². The molecule has 1 aliphatic rings. The Kier molecular flexibility index (Phi) is 3.27. The summed E-state index contributed by atoms with van der Waals surface area (Å²) < 4.78 is 2.48. The smallest absolute Gasteiger partial charge is 0.271 e. The Morgan fingerprint density at radius 2 is 2.15 bits per heavy atom. The van der Waals surface area contributed by atoms with E-state index < -0.39 is 4.92 Å². The van der Waals surface area contributed by atoms with E-state index in [0.29, 0.717) is 21.7 Å². The van der Waals surface area contributed by atoms with E-state index in [-0.39, 0.29) is 18.3 Å². The van der Waals surface area contributed by atoms with Gasteiger partial charge in [0, 0.05) is 28.2 Å². The molecule has 0 atom stereocenters. The van der Waals surface area contributed by atoms with E-state index in [0.717, 1.165) is 12.8 Å². The molecule has 7 nitrogen and oxygen atoms in total. The Balaban J connectivity index is 2.13. The molecule has 8 heteroatoms. The summed E-state index contributed by atoms with van der Waals surface area (Å²) in [6.45, 7) is -0.195. The molecule has 0 saturated heterocycles. The normalized spacial score (nSPS) is 14.5. The number of nitro benzene ring substituents is 1. The Labute approximate surface area is 122 Å². The van der Waals surface area contributed by atoms with Crippen LogP contribution in [0.5, 0.6) is 0 Å². The monoisotopic (exact) mass is 338 g/mol. The third-order valence-corrected chi connectivity index (χ3v) is 3.63. The van der Waals surface area contributed by atoms with E-state index in [9.17, 15) is 15.2 Å². The molecule has 3 rings (SSSR count). The lowest BCUT2D eigenvalue weighted by atomic mass is 10.2. The van der Waals surface area contributed by atoms with Crippen molar-refractivity contribution in [2.75, 3.05) is 0 Å². The summed E-state index contributed by atoms with van der Waals surface area (Å²) >= 11 is 3.27. The lowest BCUT2D eigenvalue weighted by molar-refractivity contribution is -0.384. The summed E-state index contributed by atoms with van der Waals surface area (Å²) in [7, 11) is 0. The predicted molar refractivity (Wildman–Crippen MR) is 74.0 cm³/mol. The third-order valence-electron chi connectivity index (χ3n) is 3.17. The van der Waals surface area contributed by atoms with Crippen molar-refractivity contribution >= 4 is 21.6 Å². The minimum Gasteiger partial charge on any atom is -0.388 e.